The first-order valence-electron chi connectivity index (χ1n) is 4.81. The summed E-state index contributed by atoms with van der Waals surface area (Å²) in [6.45, 7) is 4.07. The molecule has 5 N–H and O–H groups in total. The Bertz CT molecular complexity index is 474. The van der Waals surface area contributed by atoms with Gasteiger partial charge in [-0.3, -0.25) is 0 Å². The normalized spacial score (nSPS) is 13.6. The van der Waals surface area contributed by atoms with Crippen LogP contribution in [0.2, 0.25) is 0 Å². The molecule has 0 aliphatic carbocycles. The Hall–Kier alpha value is -1.69. The number of hydrogen-bond acceptors (Lipinski definition) is 5. The lowest BCUT2D eigenvalue weighted by Gasteiger charge is -2.11. The van der Waals surface area contributed by atoms with Gasteiger partial charge in [-0.1, -0.05) is 13.8 Å². The van der Waals surface area contributed by atoms with E-state index in [1.165, 1.54) is 6.33 Å². The van der Waals surface area contributed by atoms with Crippen molar-refractivity contribution in [2.24, 2.45) is 11.7 Å². The summed E-state index contributed by atoms with van der Waals surface area (Å²) in [6.07, 6.45) is 1.39. The number of rotatable bonds is 2. The first-order chi connectivity index (χ1) is 7.09. The van der Waals surface area contributed by atoms with E-state index < -0.39 is 0 Å². The highest BCUT2D eigenvalue weighted by atomic mass is 15.1. The molecule has 2 aromatic heterocycles. The highest BCUT2D eigenvalue weighted by Gasteiger charge is 2.16. The molecule has 0 bridgehead atoms. The fraction of sp³-hybridized carbons (Fsp3) is 0.444. The van der Waals surface area contributed by atoms with Crippen molar-refractivity contribution in [1.29, 1.82) is 0 Å². The molecule has 2 heterocycles. The van der Waals surface area contributed by atoms with Crippen LogP contribution in [0.3, 0.4) is 0 Å². The number of aromatic nitrogens is 4. The Morgan fingerprint density at radius 2 is 2.07 bits per heavy atom. The molecule has 2 rings (SSSR count). The number of nitrogen functional groups attached to an aromatic ring is 1. The molecule has 0 amide bonds. The van der Waals surface area contributed by atoms with Crippen molar-refractivity contribution < 1.29 is 0 Å². The molecule has 0 aromatic carbocycles. The molecule has 0 aliphatic rings. The Kier molecular flexibility index (Phi) is 2.28. The van der Waals surface area contributed by atoms with Crippen LogP contribution in [0.4, 0.5) is 5.82 Å². The third-order valence-electron chi connectivity index (χ3n) is 2.37. The molecule has 15 heavy (non-hydrogen) atoms. The summed E-state index contributed by atoms with van der Waals surface area (Å²) in [5, 5.41) is 0. The number of H-pyrrole nitrogens is 1. The van der Waals surface area contributed by atoms with Crippen LogP contribution in [-0.4, -0.2) is 19.9 Å². The van der Waals surface area contributed by atoms with Crippen LogP contribution < -0.4 is 11.5 Å². The Labute approximate surface area is 87.1 Å². The van der Waals surface area contributed by atoms with Crippen LogP contribution in [0.5, 0.6) is 0 Å². The van der Waals surface area contributed by atoms with Gasteiger partial charge in [0.25, 0.3) is 0 Å². The van der Waals surface area contributed by atoms with Crippen LogP contribution in [0.1, 0.15) is 25.7 Å². The van der Waals surface area contributed by atoms with Crippen LogP contribution in [0.15, 0.2) is 6.33 Å². The zero-order valence-corrected chi connectivity index (χ0v) is 8.73. The van der Waals surface area contributed by atoms with Crippen molar-refractivity contribution in [2.75, 3.05) is 5.73 Å². The summed E-state index contributed by atoms with van der Waals surface area (Å²) in [7, 11) is 0. The van der Waals surface area contributed by atoms with Crippen molar-refractivity contribution in [3.05, 3.63) is 12.2 Å². The van der Waals surface area contributed by atoms with Gasteiger partial charge >= 0.3 is 0 Å². The van der Waals surface area contributed by atoms with E-state index >= 15 is 0 Å². The number of nitrogens with two attached hydrogens (primary N) is 2. The number of fused-ring (bicyclic) bond motifs is 1. The van der Waals surface area contributed by atoms with Crippen molar-refractivity contribution >= 4 is 17.0 Å². The molecule has 0 spiro atoms. The molecule has 1 unspecified atom stereocenters. The standard InChI is InChI=1S/C9H14N6/c1-4(2)5(10)8-14-6-7(11)12-3-13-9(6)15-8/h3-5H,10H2,1-2H3,(H3,11,12,13,14,15). The number of imidazole rings is 1. The van der Waals surface area contributed by atoms with Gasteiger partial charge in [-0.2, -0.15) is 0 Å². The molecule has 0 radical (unpaired) electrons. The van der Waals surface area contributed by atoms with Gasteiger partial charge in [-0.25, -0.2) is 15.0 Å². The Morgan fingerprint density at radius 3 is 2.67 bits per heavy atom. The predicted molar refractivity (Wildman–Crippen MR) is 57.9 cm³/mol. The first kappa shape index (κ1) is 9.85. The molecule has 6 nitrogen and oxygen atoms in total. The maximum Gasteiger partial charge on any atom is 0.183 e. The van der Waals surface area contributed by atoms with Crippen LogP contribution in [-0.2, 0) is 0 Å². The van der Waals surface area contributed by atoms with Gasteiger partial charge in [0.1, 0.15) is 17.7 Å². The van der Waals surface area contributed by atoms with Gasteiger partial charge in [0.2, 0.25) is 0 Å². The summed E-state index contributed by atoms with van der Waals surface area (Å²) in [4.78, 5) is 15.2. The van der Waals surface area contributed by atoms with Gasteiger partial charge in [-0.05, 0) is 5.92 Å². The molecule has 80 valence electrons. The number of anilines is 1. The second kappa shape index (κ2) is 3.47. The molecule has 0 fully saturated rings. The van der Waals surface area contributed by atoms with Crippen LogP contribution in [0.25, 0.3) is 11.2 Å². The zero-order valence-electron chi connectivity index (χ0n) is 8.73. The lowest BCUT2D eigenvalue weighted by molar-refractivity contribution is 0.495. The van der Waals surface area contributed by atoms with E-state index in [0.717, 1.165) is 0 Å². The van der Waals surface area contributed by atoms with Crippen molar-refractivity contribution in [3.63, 3.8) is 0 Å². The molecule has 0 saturated carbocycles. The largest absolute Gasteiger partial charge is 0.382 e. The summed E-state index contributed by atoms with van der Waals surface area (Å²) in [6, 6.07) is -0.140. The second-order valence-corrected chi connectivity index (χ2v) is 3.85. The average Bonchev–Trinajstić information content (AvgIpc) is 2.61. The molecule has 0 saturated heterocycles. The number of hydrogen-bond donors (Lipinski definition) is 3. The second-order valence-electron chi connectivity index (χ2n) is 3.85. The number of aromatic amines is 1. The fourth-order valence-corrected chi connectivity index (χ4v) is 1.34. The van der Waals surface area contributed by atoms with Gasteiger partial charge in [0, 0.05) is 0 Å². The van der Waals surface area contributed by atoms with Gasteiger partial charge in [0.15, 0.2) is 11.5 Å². The lowest BCUT2D eigenvalue weighted by atomic mass is 10.1. The van der Waals surface area contributed by atoms with Crippen molar-refractivity contribution in [3.8, 4) is 0 Å². The lowest BCUT2D eigenvalue weighted by Crippen LogP contribution is -2.18. The summed E-state index contributed by atoms with van der Waals surface area (Å²) >= 11 is 0. The number of nitrogens with zero attached hydrogens (tertiary/aromatic N) is 3. The highest BCUT2D eigenvalue weighted by Crippen LogP contribution is 2.20. The van der Waals surface area contributed by atoms with E-state index in [1.54, 1.807) is 0 Å². The van der Waals surface area contributed by atoms with E-state index in [0.29, 0.717) is 28.7 Å². The maximum atomic E-state index is 5.97. The maximum absolute atomic E-state index is 5.97. The van der Waals surface area contributed by atoms with Crippen molar-refractivity contribution in [2.45, 2.75) is 19.9 Å². The quantitative estimate of drug-likeness (QED) is 0.666. The molecular formula is C9H14N6. The van der Waals surface area contributed by atoms with Crippen molar-refractivity contribution in [1.82, 2.24) is 19.9 Å². The first-order valence-corrected chi connectivity index (χ1v) is 4.81. The Morgan fingerprint density at radius 1 is 1.33 bits per heavy atom. The predicted octanol–water partition coefficient (Wildman–Crippen LogP) is 0.591. The average molecular weight is 206 g/mol. The zero-order chi connectivity index (χ0) is 11.0. The Balaban J connectivity index is 2.52. The molecule has 0 aliphatic heterocycles. The topological polar surface area (TPSA) is 106 Å². The molecule has 6 heteroatoms. The third kappa shape index (κ3) is 1.63. The van der Waals surface area contributed by atoms with E-state index in [2.05, 4.69) is 19.9 Å². The van der Waals surface area contributed by atoms with Crippen LogP contribution >= 0.6 is 0 Å². The minimum atomic E-state index is -0.140. The van der Waals surface area contributed by atoms with E-state index in [4.69, 9.17) is 11.5 Å². The van der Waals surface area contributed by atoms with Crippen LogP contribution in [0, 0.1) is 5.92 Å². The van der Waals surface area contributed by atoms with E-state index in [-0.39, 0.29) is 6.04 Å². The summed E-state index contributed by atoms with van der Waals surface area (Å²) < 4.78 is 0. The minimum absolute atomic E-state index is 0.140. The minimum Gasteiger partial charge on any atom is -0.382 e. The summed E-state index contributed by atoms with van der Waals surface area (Å²) in [5.41, 5.74) is 12.9. The van der Waals surface area contributed by atoms with E-state index in [9.17, 15) is 0 Å². The fourth-order valence-electron chi connectivity index (χ4n) is 1.34. The monoisotopic (exact) mass is 206 g/mol. The van der Waals surface area contributed by atoms with Gasteiger partial charge in [0.05, 0.1) is 6.04 Å². The van der Waals surface area contributed by atoms with Gasteiger partial charge < -0.3 is 16.5 Å². The highest BCUT2D eigenvalue weighted by molar-refractivity contribution is 5.81. The smallest absolute Gasteiger partial charge is 0.183 e. The molecular weight excluding hydrogens is 192 g/mol. The molecule has 1 atom stereocenters. The third-order valence-corrected chi connectivity index (χ3v) is 2.37. The SMILES string of the molecule is CC(C)C(N)c1nc2ncnc(N)c2[nH]1. The number of nitrogens with one attached hydrogen (secondary N) is 1. The molecule has 2 aromatic rings. The van der Waals surface area contributed by atoms with Gasteiger partial charge in [-0.15, -0.1) is 0 Å². The van der Waals surface area contributed by atoms with E-state index in [1.807, 2.05) is 13.8 Å². The summed E-state index contributed by atoms with van der Waals surface area (Å²) in [5.74, 6) is 1.40.